The summed E-state index contributed by atoms with van der Waals surface area (Å²) >= 11 is 1.89. The highest BCUT2D eigenvalue weighted by Gasteiger charge is 2.12. The van der Waals surface area contributed by atoms with Gasteiger partial charge in [-0.05, 0) is 44.5 Å². The molecule has 0 saturated heterocycles. The van der Waals surface area contributed by atoms with E-state index in [0.717, 1.165) is 0 Å². The van der Waals surface area contributed by atoms with Gasteiger partial charge < -0.3 is 0 Å². The molecule has 0 aliphatic rings. The van der Waals surface area contributed by atoms with Gasteiger partial charge in [0.25, 0.3) is 0 Å². The number of benzene rings is 5. The molecule has 0 saturated carbocycles. The van der Waals surface area contributed by atoms with Gasteiger partial charge in [0.05, 0.1) is 0 Å². The molecule has 1 heterocycles. The lowest BCUT2D eigenvalue weighted by atomic mass is 9.94. The summed E-state index contributed by atoms with van der Waals surface area (Å²) in [5.41, 5.74) is 0. The standard InChI is InChI=1S/C24H14S/c1-2-6-17-15(5-1)9-13-19-18(17)12-10-16-11-14-22-24(23(16)19)20-7-3-4-8-21(20)25-22/h1-14H. The maximum absolute atomic E-state index is 2.30. The summed E-state index contributed by atoms with van der Waals surface area (Å²) in [4.78, 5) is 0. The fourth-order valence-corrected chi connectivity index (χ4v) is 5.24. The van der Waals surface area contributed by atoms with Crippen LogP contribution in [0.25, 0.3) is 52.5 Å². The van der Waals surface area contributed by atoms with E-state index in [0.29, 0.717) is 0 Å². The van der Waals surface area contributed by atoms with Crippen molar-refractivity contribution >= 4 is 63.8 Å². The minimum atomic E-state index is 1.30. The Morgan fingerprint density at radius 1 is 0.400 bits per heavy atom. The Morgan fingerprint density at radius 2 is 1.12 bits per heavy atom. The van der Waals surface area contributed by atoms with Crippen LogP contribution < -0.4 is 0 Å². The first-order valence-electron chi connectivity index (χ1n) is 8.54. The van der Waals surface area contributed by atoms with Crippen LogP contribution in [0.15, 0.2) is 84.9 Å². The molecule has 0 unspecified atom stereocenters. The highest BCUT2D eigenvalue weighted by molar-refractivity contribution is 7.26. The molecule has 0 nitrogen and oxygen atoms in total. The van der Waals surface area contributed by atoms with Crippen molar-refractivity contribution in [1.82, 2.24) is 0 Å². The normalized spacial score (nSPS) is 12.0. The van der Waals surface area contributed by atoms with Gasteiger partial charge in [-0.3, -0.25) is 0 Å². The molecule has 0 atom stereocenters. The zero-order chi connectivity index (χ0) is 16.4. The lowest BCUT2D eigenvalue weighted by molar-refractivity contribution is 1.79. The van der Waals surface area contributed by atoms with E-state index < -0.39 is 0 Å². The summed E-state index contributed by atoms with van der Waals surface area (Å²) in [6, 6.07) is 31.1. The first-order chi connectivity index (χ1) is 12.4. The van der Waals surface area contributed by atoms with Gasteiger partial charge >= 0.3 is 0 Å². The van der Waals surface area contributed by atoms with Crippen LogP contribution in [0.2, 0.25) is 0 Å². The largest absolute Gasteiger partial charge is 0.135 e. The summed E-state index contributed by atoms with van der Waals surface area (Å²) in [7, 11) is 0. The third kappa shape index (κ3) is 1.76. The molecule has 0 fully saturated rings. The van der Waals surface area contributed by atoms with Crippen LogP contribution >= 0.6 is 11.3 Å². The first-order valence-corrected chi connectivity index (χ1v) is 9.36. The predicted octanol–water partition coefficient (Wildman–Crippen LogP) is 7.51. The lowest BCUT2D eigenvalue weighted by Crippen LogP contribution is -1.81. The molecule has 6 aromatic rings. The van der Waals surface area contributed by atoms with Crippen LogP contribution in [0.1, 0.15) is 0 Å². The van der Waals surface area contributed by atoms with Crippen LogP contribution in [0.3, 0.4) is 0 Å². The Balaban J connectivity index is 1.96. The van der Waals surface area contributed by atoms with Gasteiger partial charge in [0.15, 0.2) is 0 Å². The molecule has 25 heavy (non-hydrogen) atoms. The Labute approximate surface area is 148 Å². The molecular formula is C24H14S. The molecule has 1 aromatic heterocycles. The molecule has 0 N–H and O–H groups in total. The molecule has 0 spiro atoms. The van der Waals surface area contributed by atoms with Crippen molar-refractivity contribution in [3.63, 3.8) is 0 Å². The predicted molar refractivity (Wildman–Crippen MR) is 112 cm³/mol. The van der Waals surface area contributed by atoms with Gasteiger partial charge in [0.2, 0.25) is 0 Å². The molecule has 0 bridgehead atoms. The molecule has 5 aromatic carbocycles. The maximum atomic E-state index is 2.30. The summed E-state index contributed by atoms with van der Waals surface area (Å²) in [6.07, 6.45) is 0. The fourth-order valence-electron chi connectivity index (χ4n) is 4.13. The van der Waals surface area contributed by atoms with Gasteiger partial charge in [0.1, 0.15) is 0 Å². The van der Waals surface area contributed by atoms with E-state index in [1.54, 1.807) is 0 Å². The summed E-state index contributed by atoms with van der Waals surface area (Å²) in [5, 5.41) is 10.8. The fraction of sp³-hybridized carbons (Fsp3) is 0. The van der Waals surface area contributed by atoms with E-state index in [-0.39, 0.29) is 0 Å². The molecule has 0 radical (unpaired) electrons. The third-order valence-corrected chi connectivity index (χ3v) is 6.38. The van der Waals surface area contributed by atoms with E-state index >= 15 is 0 Å². The van der Waals surface area contributed by atoms with E-state index in [9.17, 15) is 0 Å². The quantitative estimate of drug-likeness (QED) is 0.252. The molecule has 6 rings (SSSR count). The monoisotopic (exact) mass is 334 g/mol. The average Bonchev–Trinajstić information content (AvgIpc) is 3.06. The topological polar surface area (TPSA) is 0 Å². The summed E-state index contributed by atoms with van der Waals surface area (Å²) in [6.45, 7) is 0. The number of thiophene rings is 1. The second-order valence-electron chi connectivity index (χ2n) is 6.58. The van der Waals surface area contributed by atoms with Crippen LogP contribution in [0.5, 0.6) is 0 Å². The van der Waals surface area contributed by atoms with Crippen molar-refractivity contribution in [2.45, 2.75) is 0 Å². The SMILES string of the molecule is c1ccc2c(c1)ccc1c2ccc2ccc3sc4ccccc4c3c21. The van der Waals surface area contributed by atoms with Crippen molar-refractivity contribution in [2.24, 2.45) is 0 Å². The van der Waals surface area contributed by atoms with Gasteiger partial charge in [-0.25, -0.2) is 0 Å². The van der Waals surface area contributed by atoms with E-state index in [1.807, 2.05) is 11.3 Å². The van der Waals surface area contributed by atoms with Crippen LogP contribution in [0.4, 0.5) is 0 Å². The second kappa shape index (κ2) is 4.81. The summed E-state index contributed by atoms with van der Waals surface area (Å²) in [5.74, 6) is 0. The minimum Gasteiger partial charge on any atom is -0.135 e. The van der Waals surface area contributed by atoms with Crippen molar-refractivity contribution < 1.29 is 0 Å². The first kappa shape index (κ1) is 13.4. The molecule has 0 aliphatic heterocycles. The molecule has 0 aliphatic carbocycles. The van der Waals surface area contributed by atoms with E-state index in [4.69, 9.17) is 0 Å². The van der Waals surface area contributed by atoms with Gasteiger partial charge in [-0.15, -0.1) is 11.3 Å². The number of rotatable bonds is 0. The minimum absolute atomic E-state index is 1.30. The van der Waals surface area contributed by atoms with Crippen LogP contribution in [-0.4, -0.2) is 0 Å². The third-order valence-electron chi connectivity index (χ3n) is 5.25. The van der Waals surface area contributed by atoms with Crippen molar-refractivity contribution in [3.05, 3.63) is 84.9 Å². The van der Waals surface area contributed by atoms with Crippen molar-refractivity contribution in [2.75, 3.05) is 0 Å². The van der Waals surface area contributed by atoms with Crippen LogP contribution in [-0.2, 0) is 0 Å². The zero-order valence-electron chi connectivity index (χ0n) is 13.5. The lowest BCUT2D eigenvalue weighted by Gasteiger charge is -2.09. The average molecular weight is 334 g/mol. The number of hydrogen-bond donors (Lipinski definition) is 0. The smallest absolute Gasteiger partial charge is 0.0362 e. The number of fused-ring (bicyclic) bond motifs is 9. The van der Waals surface area contributed by atoms with Crippen molar-refractivity contribution in [3.8, 4) is 0 Å². The molecular weight excluding hydrogens is 320 g/mol. The van der Waals surface area contributed by atoms with Crippen LogP contribution in [0, 0.1) is 0 Å². The van der Waals surface area contributed by atoms with Crippen molar-refractivity contribution in [1.29, 1.82) is 0 Å². The Morgan fingerprint density at radius 3 is 2.08 bits per heavy atom. The van der Waals surface area contributed by atoms with E-state index in [1.165, 1.54) is 52.5 Å². The van der Waals surface area contributed by atoms with Gasteiger partial charge in [-0.2, -0.15) is 0 Å². The highest BCUT2D eigenvalue weighted by Crippen LogP contribution is 2.41. The Hall–Kier alpha value is -2.90. The highest BCUT2D eigenvalue weighted by atomic mass is 32.1. The van der Waals surface area contributed by atoms with E-state index in [2.05, 4.69) is 84.9 Å². The van der Waals surface area contributed by atoms with Gasteiger partial charge in [0, 0.05) is 20.2 Å². The Bertz CT molecular complexity index is 1440. The molecule has 1 heteroatoms. The zero-order valence-corrected chi connectivity index (χ0v) is 14.3. The maximum Gasteiger partial charge on any atom is 0.0362 e. The second-order valence-corrected chi connectivity index (χ2v) is 7.67. The molecule has 0 amide bonds. The molecule has 116 valence electrons. The number of hydrogen-bond acceptors (Lipinski definition) is 1. The summed E-state index contributed by atoms with van der Waals surface area (Å²) < 4.78 is 2.73. The van der Waals surface area contributed by atoms with Gasteiger partial charge in [-0.1, -0.05) is 72.8 Å². The Kier molecular flexibility index (Phi) is 2.58.